The molecule has 102 valence electrons. The molecule has 0 aromatic heterocycles. The molecule has 1 unspecified atom stereocenters. The first-order valence-electron chi connectivity index (χ1n) is 6.35. The molecule has 0 saturated heterocycles. The summed E-state index contributed by atoms with van der Waals surface area (Å²) in [5.41, 5.74) is -0.00190. The minimum Gasteiger partial charge on any atom is -0.492 e. The van der Waals surface area contributed by atoms with Crippen molar-refractivity contribution in [3.05, 3.63) is 40.7 Å². The van der Waals surface area contributed by atoms with Crippen molar-refractivity contribution in [3.63, 3.8) is 0 Å². The fourth-order valence-corrected chi connectivity index (χ4v) is 2.34. The summed E-state index contributed by atoms with van der Waals surface area (Å²) in [7, 11) is 0. The molecule has 0 fully saturated rings. The molecule has 0 amide bonds. The average Bonchev–Trinajstić information content (AvgIpc) is 2.40. The van der Waals surface area contributed by atoms with Gasteiger partial charge in [0.1, 0.15) is 11.6 Å². The minimum atomic E-state index is -0.588. The molecular formula is C15H16ClFO2. The Hall–Kier alpha value is -1.35. The number of hydrogen-bond acceptors (Lipinski definition) is 2. The number of hydrogen-bond donors (Lipinski definition) is 0. The fraction of sp³-hybridized carbons (Fsp3) is 0.400. The molecule has 0 N–H and O–H groups in total. The number of Topliss-reactive ketones (excluding diaryl/α,β-unsaturated/α-hetero) is 1. The Morgan fingerprint density at radius 3 is 2.89 bits per heavy atom. The Morgan fingerprint density at radius 1 is 1.47 bits per heavy atom. The molecule has 1 aliphatic rings. The van der Waals surface area contributed by atoms with Crippen LogP contribution in [0.15, 0.2) is 24.3 Å². The number of carbonyl (C=O) groups is 1. The van der Waals surface area contributed by atoms with E-state index in [1.165, 1.54) is 19.1 Å². The smallest absolute Gasteiger partial charge is 0.162 e. The Labute approximate surface area is 117 Å². The molecule has 2 rings (SSSR count). The second-order valence-electron chi connectivity index (χ2n) is 4.78. The zero-order chi connectivity index (χ0) is 13.8. The average molecular weight is 283 g/mol. The molecule has 1 atom stereocenters. The van der Waals surface area contributed by atoms with E-state index in [4.69, 9.17) is 16.3 Å². The Morgan fingerprint density at radius 2 is 2.26 bits per heavy atom. The van der Waals surface area contributed by atoms with Crippen molar-refractivity contribution < 1.29 is 13.9 Å². The lowest BCUT2D eigenvalue weighted by molar-refractivity contribution is 0.101. The van der Waals surface area contributed by atoms with E-state index >= 15 is 0 Å². The zero-order valence-electron chi connectivity index (χ0n) is 10.8. The maximum Gasteiger partial charge on any atom is 0.162 e. The van der Waals surface area contributed by atoms with Crippen LogP contribution in [0.2, 0.25) is 5.02 Å². The van der Waals surface area contributed by atoms with Crippen molar-refractivity contribution in [2.24, 2.45) is 5.92 Å². The summed E-state index contributed by atoms with van der Waals surface area (Å²) < 4.78 is 19.3. The van der Waals surface area contributed by atoms with Crippen LogP contribution in [-0.4, -0.2) is 12.4 Å². The number of halogens is 2. The highest BCUT2D eigenvalue weighted by Gasteiger charge is 2.15. The van der Waals surface area contributed by atoms with Crippen LogP contribution in [0.5, 0.6) is 5.75 Å². The van der Waals surface area contributed by atoms with Gasteiger partial charge in [-0.05, 0) is 38.2 Å². The van der Waals surface area contributed by atoms with Gasteiger partial charge in [0.25, 0.3) is 0 Å². The number of ketones is 1. The molecule has 1 aliphatic carbocycles. The SMILES string of the molecule is CC(=O)c1cc(Cl)c(OCC2CC=CCC2)cc1F. The first kappa shape index (κ1) is 14.1. The van der Waals surface area contributed by atoms with E-state index in [0.29, 0.717) is 18.3 Å². The van der Waals surface area contributed by atoms with Crippen molar-refractivity contribution in [3.8, 4) is 5.75 Å². The number of benzene rings is 1. The van der Waals surface area contributed by atoms with Crippen molar-refractivity contribution in [1.82, 2.24) is 0 Å². The largest absolute Gasteiger partial charge is 0.492 e. The van der Waals surface area contributed by atoms with Crippen LogP contribution in [0.3, 0.4) is 0 Å². The van der Waals surface area contributed by atoms with Crippen LogP contribution >= 0.6 is 11.6 Å². The topological polar surface area (TPSA) is 26.3 Å². The van der Waals surface area contributed by atoms with Gasteiger partial charge in [0.2, 0.25) is 0 Å². The van der Waals surface area contributed by atoms with Crippen LogP contribution in [-0.2, 0) is 0 Å². The normalized spacial score (nSPS) is 18.4. The van der Waals surface area contributed by atoms with Crippen LogP contribution in [0, 0.1) is 11.7 Å². The van der Waals surface area contributed by atoms with Gasteiger partial charge in [-0.2, -0.15) is 0 Å². The van der Waals surface area contributed by atoms with Gasteiger partial charge in [0.15, 0.2) is 5.78 Å². The van der Waals surface area contributed by atoms with E-state index < -0.39 is 5.82 Å². The molecule has 0 bridgehead atoms. The number of allylic oxidation sites excluding steroid dienone is 2. The summed E-state index contributed by atoms with van der Waals surface area (Å²) >= 11 is 6.01. The van der Waals surface area contributed by atoms with Gasteiger partial charge in [-0.15, -0.1) is 0 Å². The molecule has 1 aromatic carbocycles. The predicted molar refractivity (Wildman–Crippen MR) is 73.4 cm³/mol. The second-order valence-corrected chi connectivity index (χ2v) is 5.19. The highest BCUT2D eigenvalue weighted by Crippen LogP contribution is 2.29. The molecule has 0 aliphatic heterocycles. The van der Waals surface area contributed by atoms with E-state index in [2.05, 4.69) is 12.2 Å². The summed E-state index contributed by atoms with van der Waals surface area (Å²) in [5, 5.41) is 0.276. The van der Waals surface area contributed by atoms with E-state index in [-0.39, 0.29) is 16.4 Å². The fourth-order valence-electron chi connectivity index (χ4n) is 2.12. The summed E-state index contributed by atoms with van der Waals surface area (Å²) in [6.45, 7) is 1.83. The summed E-state index contributed by atoms with van der Waals surface area (Å²) in [6.07, 6.45) is 7.40. The Kier molecular flexibility index (Phi) is 4.59. The van der Waals surface area contributed by atoms with E-state index in [1.54, 1.807) is 0 Å². The Balaban J connectivity index is 2.06. The third-order valence-corrected chi connectivity index (χ3v) is 3.55. The van der Waals surface area contributed by atoms with Gasteiger partial charge in [-0.25, -0.2) is 4.39 Å². The van der Waals surface area contributed by atoms with Crippen molar-refractivity contribution in [1.29, 1.82) is 0 Å². The molecular weight excluding hydrogens is 267 g/mol. The van der Waals surface area contributed by atoms with Crippen LogP contribution in [0.4, 0.5) is 4.39 Å². The van der Waals surface area contributed by atoms with Gasteiger partial charge in [0, 0.05) is 6.07 Å². The molecule has 4 heteroatoms. The maximum absolute atomic E-state index is 13.7. The number of carbonyl (C=O) groups excluding carboxylic acids is 1. The summed E-state index contributed by atoms with van der Waals surface area (Å²) in [6, 6.07) is 2.52. The van der Waals surface area contributed by atoms with E-state index in [1.807, 2.05) is 0 Å². The monoisotopic (exact) mass is 282 g/mol. The van der Waals surface area contributed by atoms with Crippen LogP contribution < -0.4 is 4.74 Å². The van der Waals surface area contributed by atoms with E-state index in [9.17, 15) is 9.18 Å². The van der Waals surface area contributed by atoms with Gasteiger partial charge in [-0.3, -0.25) is 4.79 Å². The van der Waals surface area contributed by atoms with E-state index in [0.717, 1.165) is 19.3 Å². The molecule has 0 heterocycles. The lowest BCUT2D eigenvalue weighted by atomic mass is 9.95. The summed E-state index contributed by atoms with van der Waals surface area (Å²) in [4.78, 5) is 11.2. The molecule has 1 aromatic rings. The molecule has 19 heavy (non-hydrogen) atoms. The third-order valence-electron chi connectivity index (χ3n) is 3.25. The minimum absolute atomic E-state index is 0.00190. The quantitative estimate of drug-likeness (QED) is 0.604. The molecule has 2 nitrogen and oxygen atoms in total. The summed E-state index contributed by atoms with van der Waals surface area (Å²) in [5.74, 6) is -0.186. The standard InChI is InChI=1S/C15H16ClFO2/c1-10(18)12-7-13(16)15(8-14(12)17)19-9-11-5-3-2-4-6-11/h2-3,7-8,11H,4-6,9H2,1H3. The second kappa shape index (κ2) is 6.20. The zero-order valence-corrected chi connectivity index (χ0v) is 11.5. The van der Waals surface area contributed by atoms with Crippen molar-refractivity contribution in [2.75, 3.05) is 6.61 Å². The van der Waals surface area contributed by atoms with Crippen molar-refractivity contribution >= 4 is 17.4 Å². The number of ether oxygens (including phenoxy) is 1. The highest BCUT2D eigenvalue weighted by molar-refractivity contribution is 6.32. The van der Waals surface area contributed by atoms with Gasteiger partial charge >= 0.3 is 0 Å². The highest BCUT2D eigenvalue weighted by atomic mass is 35.5. The molecule has 0 saturated carbocycles. The lowest BCUT2D eigenvalue weighted by Gasteiger charge is -2.19. The predicted octanol–water partition coefficient (Wildman–Crippen LogP) is 4.42. The van der Waals surface area contributed by atoms with Gasteiger partial charge in [0.05, 0.1) is 17.2 Å². The van der Waals surface area contributed by atoms with Gasteiger partial charge < -0.3 is 4.74 Å². The molecule has 0 radical (unpaired) electrons. The first-order chi connectivity index (χ1) is 9.08. The lowest BCUT2D eigenvalue weighted by Crippen LogP contribution is -2.13. The first-order valence-corrected chi connectivity index (χ1v) is 6.73. The Bertz CT molecular complexity index is 511. The van der Waals surface area contributed by atoms with Crippen molar-refractivity contribution in [2.45, 2.75) is 26.2 Å². The third kappa shape index (κ3) is 3.57. The number of rotatable bonds is 4. The van der Waals surface area contributed by atoms with Gasteiger partial charge in [-0.1, -0.05) is 23.8 Å². The maximum atomic E-state index is 13.7. The van der Waals surface area contributed by atoms with Crippen LogP contribution in [0.25, 0.3) is 0 Å². The molecule has 0 spiro atoms. The van der Waals surface area contributed by atoms with Crippen LogP contribution in [0.1, 0.15) is 36.5 Å².